The number of nitrogens with zero attached hydrogens (tertiary/aromatic N) is 3. The number of carbonyl (C=O) groups is 2. The lowest BCUT2D eigenvalue weighted by atomic mass is 10.0. The van der Waals surface area contributed by atoms with E-state index in [4.69, 9.17) is 0 Å². The van der Waals surface area contributed by atoms with Crippen LogP contribution in [-0.2, 0) is 11.3 Å². The molecule has 1 aliphatic heterocycles. The second kappa shape index (κ2) is 8.12. The fraction of sp³-hybridized carbons (Fsp3) is 0.0833. The Hall–Kier alpha value is -3.84. The van der Waals surface area contributed by atoms with Crippen LogP contribution in [0, 0.1) is 0 Å². The maximum absolute atomic E-state index is 13.4. The second-order valence-corrected chi connectivity index (χ2v) is 8.08. The van der Waals surface area contributed by atoms with Gasteiger partial charge in [-0.1, -0.05) is 42.5 Å². The molecule has 7 heteroatoms. The van der Waals surface area contributed by atoms with E-state index in [1.54, 1.807) is 28.9 Å². The van der Waals surface area contributed by atoms with Crippen molar-refractivity contribution in [3.63, 3.8) is 0 Å². The Labute approximate surface area is 183 Å². The van der Waals surface area contributed by atoms with Gasteiger partial charge in [-0.25, -0.2) is 4.98 Å². The summed E-state index contributed by atoms with van der Waals surface area (Å²) in [4.78, 5) is 36.5. The zero-order valence-electron chi connectivity index (χ0n) is 16.4. The molecule has 2 aromatic carbocycles. The molecule has 1 N–H and O–H groups in total. The van der Waals surface area contributed by atoms with Gasteiger partial charge < -0.3 is 4.90 Å². The summed E-state index contributed by atoms with van der Waals surface area (Å²) in [6, 6.07) is 18.3. The highest BCUT2D eigenvalue weighted by Gasteiger charge is 2.37. The van der Waals surface area contributed by atoms with E-state index in [9.17, 15) is 9.59 Å². The van der Waals surface area contributed by atoms with Crippen LogP contribution in [0.25, 0.3) is 11.1 Å². The van der Waals surface area contributed by atoms with Crippen molar-refractivity contribution >= 4 is 28.3 Å². The summed E-state index contributed by atoms with van der Waals surface area (Å²) in [5.41, 5.74) is 4.22. The van der Waals surface area contributed by atoms with Gasteiger partial charge in [0.25, 0.3) is 11.8 Å². The largest absolute Gasteiger partial charge is 0.318 e. The van der Waals surface area contributed by atoms with Gasteiger partial charge in [-0.3, -0.25) is 19.9 Å². The number of benzene rings is 2. The van der Waals surface area contributed by atoms with Crippen LogP contribution >= 0.6 is 11.3 Å². The summed E-state index contributed by atoms with van der Waals surface area (Å²) in [6.45, 7) is 0.371. The first kappa shape index (κ1) is 19.1. The molecule has 31 heavy (non-hydrogen) atoms. The minimum atomic E-state index is -0.755. The first-order valence-electron chi connectivity index (χ1n) is 9.80. The molecule has 4 aromatic rings. The van der Waals surface area contributed by atoms with Crippen molar-refractivity contribution in [1.29, 1.82) is 0 Å². The number of thiazole rings is 1. The molecule has 0 radical (unpaired) electrons. The lowest BCUT2D eigenvalue weighted by molar-refractivity contribution is -0.120. The molecule has 0 unspecified atom stereocenters. The van der Waals surface area contributed by atoms with E-state index in [0.29, 0.717) is 17.2 Å². The first-order valence-corrected chi connectivity index (χ1v) is 10.7. The quantitative estimate of drug-likeness (QED) is 0.508. The van der Waals surface area contributed by atoms with Crippen LogP contribution in [-0.4, -0.2) is 26.7 Å². The van der Waals surface area contributed by atoms with E-state index in [0.717, 1.165) is 22.3 Å². The van der Waals surface area contributed by atoms with Crippen LogP contribution in [0.3, 0.4) is 0 Å². The molecule has 2 amide bonds. The lowest BCUT2D eigenvalue weighted by Crippen LogP contribution is -2.37. The van der Waals surface area contributed by atoms with Gasteiger partial charge in [-0.05, 0) is 40.5 Å². The summed E-state index contributed by atoms with van der Waals surface area (Å²) < 4.78 is 0. The predicted molar refractivity (Wildman–Crippen MR) is 119 cm³/mol. The highest BCUT2D eigenvalue weighted by molar-refractivity contribution is 7.13. The molecule has 1 atom stereocenters. The zero-order valence-corrected chi connectivity index (χ0v) is 17.3. The van der Waals surface area contributed by atoms with E-state index in [-0.39, 0.29) is 11.8 Å². The van der Waals surface area contributed by atoms with Crippen molar-refractivity contribution in [2.45, 2.75) is 12.6 Å². The highest BCUT2D eigenvalue weighted by Crippen LogP contribution is 2.34. The third-order valence-electron chi connectivity index (χ3n) is 5.29. The molecule has 152 valence electrons. The molecule has 0 bridgehead atoms. The molecule has 6 nitrogen and oxygen atoms in total. The fourth-order valence-electron chi connectivity index (χ4n) is 3.82. The molecule has 0 saturated heterocycles. The summed E-state index contributed by atoms with van der Waals surface area (Å²) in [5.74, 6) is -0.439. The minimum Gasteiger partial charge on any atom is -0.318 e. The molecule has 3 heterocycles. The van der Waals surface area contributed by atoms with Crippen LogP contribution in [0.5, 0.6) is 0 Å². The Kier molecular flexibility index (Phi) is 5.01. The SMILES string of the molecule is O=C(Nc1nccs1)[C@@H](c1ccccc1)N1Cc2ccc(-c3ccncc3)cc2C1=O. The molecule has 0 spiro atoms. The second-order valence-electron chi connectivity index (χ2n) is 7.18. The van der Waals surface area contributed by atoms with E-state index in [2.05, 4.69) is 15.3 Å². The van der Waals surface area contributed by atoms with Crippen LogP contribution in [0.15, 0.2) is 84.6 Å². The fourth-order valence-corrected chi connectivity index (χ4v) is 4.35. The number of amides is 2. The van der Waals surface area contributed by atoms with E-state index >= 15 is 0 Å². The number of hydrogen-bond acceptors (Lipinski definition) is 5. The predicted octanol–water partition coefficient (Wildman–Crippen LogP) is 4.54. The average Bonchev–Trinajstić information content (AvgIpc) is 3.43. The Balaban J connectivity index is 1.49. The standard InChI is InChI=1S/C24H18N4O2S/c29-22(27-24-26-12-13-31-24)21(17-4-2-1-3-5-17)28-15-19-7-6-18(14-20(19)23(28)30)16-8-10-25-11-9-16/h1-14,21H,15H2,(H,26,27,29)/t21-/m1/s1. The lowest BCUT2D eigenvalue weighted by Gasteiger charge is -2.27. The zero-order chi connectivity index (χ0) is 21.2. The first-order chi connectivity index (χ1) is 15.2. The summed E-state index contributed by atoms with van der Waals surface area (Å²) >= 11 is 1.34. The molecule has 2 aromatic heterocycles. The van der Waals surface area contributed by atoms with Crippen LogP contribution in [0.2, 0.25) is 0 Å². The summed E-state index contributed by atoms with van der Waals surface area (Å²) in [6.07, 6.45) is 5.09. The third-order valence-corrected chi connectivity index (χ3v) is 5.98. The Morgan fingerprint density at radius 3 is 2.55 bits per heavy atom. The van der Waals surface area contributed by atoms with Crippen molar-refractivity contribution in [2.24, 2.45) is 0 Å². The topological polar surface area (TPSA) is 75.2 Å². The number of fused-ring (bicyclic) bond motifs is 1. The maximum atomic E-state index is 13.4. The van der Waals surface area contributed by atoms with Crippen molar-refractivity contribution in [1.82, 2.24) is 14.9 Å². The molecular weight excluding hydrogens is 408 g/mol. The van der Waals surface area contributed by atoms with Gasteiger partial charge in [0, 0.05) is 36.1 Å². The summed E-state index contributed by atoms with van der Waals surface area (Å²) in [5, 5.41) is 5.16. The van der Waals surface area contributed by atoms with Gasteiger partial charge in [0.05, 0.1) is 0 Å². The third kappa shape index (κ3) is 3.71. The van der Waals surface area contributed by atoms with E-state index < -0.39 is 6.04 Å². The molecule has 1 aliphatic rings. The Morgan fingerprint density at radius 1 is 1.00 bits per heavy atom. The van der Waals surface area contributed by atoms with Gasteiger partial charge >= 0.3 is 0 Å². The number of aromatic nitrogens is 2. The van der Waals surface area contributed by atoms with Crippen molar-refractivity contribution < 1.29 is 9.59 Å². The molecular formula is C24H18N4O2S. The van der Waals surface area contributed by atoms with Gasteiger partial charge in [0.1, 0.15) is 6.04 Å². The number of rotatable bonds is 5. The Morgan fingerprint density at radius 2 is 1.81 bits per heavy atom. The number of nitrogens with one attached hydrogen (secondary N) is 1. The number of pyridine rings is 1. The van der Waals surface area contributed by atoms with E-state index in [1.165, 1.54) is 11.3 Å². The van der Waals surface area contributed by atoms with E-state index in [1.807, 2.05) is 60.7 Å². The van der Waals surface area contributed by atoms with Crippen LogP contribution in [0.1, 0.15) is 27.5 Å². The van der Waals surface area contributed by atoms with Gasteiger partial charge in [0.2, 0.25) is 0 Å². The number of carbonyl (C=O) groups excluding carboxylic acids is 2. The molecule has 5 rings (SSSR count). The minimum absolute atomic E-state index is 0.158. The van der Waals surface area contributed by atoms with Crippen molar-refractivity contribution in [2.75, 3.05) is 5.32 Å². The number of anilines is 1. The van der Waals surface area contributed by atoms with Crippen LogP contribution < -0.4 is 5.32 Å². The molecule has 0 aliphatic carbocycles. The van der Waals surface area contributed by atoms with Gasteiger partial charge in [0.15, 0.2) is 5.13 Å². The average molecular weight is 427 g/mol. The Bertz CT molecular complexity index is 1230. The van der Waals surface area contributed by atoms with Gasteiger partial charge in [-0.15, -0.1) is 11.3 Å². The molecule has 0 saturated carbocycles. The van der Waals surface area contributed by atoms with Crippen LogP contribution in [0.4, 0.5) is 5.13 Å². The normalized spacial score (nSPS) is 13.7. The smallest absolute Gasteiger partial charge is 0.255 e. The maximum Gasteiger partial charge on any atom is 0.255 e. The highest BCUT2D eigenvalue weighted by atomic mass is 32.1. The van der Waals surface area contributed by atoms with Gasteiger partial charge in [-0.2, -0.15) is 0 Å². The molecule has 0 fully saturated rings. The van der Waals surface area contributed by atoms with Crippen molar-refractivity contribution in [3.8, 4) is 11.1 Å². The van der Waals surface area contributed by atoms with Crippen molar-refractivity contribution in [3.05, 3.63) is 101 Å². The monoisotopic (exact) mass is 426 g/mol. The number of hydrogen-bond donors (Lipinski definition) is 1. The summed E-state index contributed by atoms with van der Waals surface area (Å²) in [7, 11) is 0.